The van der Waals surface area contributed by atoms with E-state index in [9.17, 15) is 14.3 Å². The van der Waals surface area contributed by atoms with Gasteiger partial charge in [0.15, 0.2) is 0 Å². The number of nitrogens with two attached hydrogens (primary N) is 1. The average Bonchev–Trinajstić information content (AvgIpc) is 2.32. The summed E-state index contributed by atoms with van der Waals surface area (Å²) >= 11 is 0. The van der Waals surface area contributed by atoms with E-state index in [0.717, 1.165) is 25.3 Å². The molecule has 0 bridgehead atoms. The minimum atomic E-state index is -0.510. The first-order chi connectivity index (χ1) is 8.58. The van der Waals surface area contributed by atoms with Gasteiger partial charge in [0, 0.05) is 5.69 Å². The molecule has 5 heteroatoms. The minimum absolute atomic E-state index is 0.109. The van der Waals surface area contributed by atoms with Crippen molar-refractivity contribution in [1.29, 1.82) is 0 Å². The number of benzene rings is 1. The van der Waals surface area contributed by atoms with Crippen LogP contribution in [0.1, 0.15) is 36.0 Å². The Kier molecular flexibility index (Phi) is 3.81. The Morgan fingerprint density at radius 2 is 2.11 bits per heavy atom. The van der Waals surface area contributed by atoms with Gasteiger partial charge in [-0.05, 0) is 31.0 Å². The molecule has 0 aliphatic heterocycles. The molecule has 4 nitrogen and oxygen atoms in total. The molecule has 1 aromatic rings. The third-order valence-corrected chi connectivity index (χ3v) is 3.30. The number of carbonyl (C=O) groups excluding carboxylic acids is 1. The first-order valence-electron chi connectivity index (χ1n) is 6.12. The van der Waals surface area contributed by atoms with E-state index in [1.54, 1.807) is 0 Å². The first-order valence-corrected chi connectivity index (χ1v) is 6.12. The fraction of sp³-hybridized carbons (Fsp3) is 0.462. The predicted molar refractivity (Wildman–Crippen MR) is 66.5 cm³/mol. The molecule has 4 N–H and O–H groups in total. The van der Waals surface area contributed by atoms with Crippen molar-refractivity contribution in [2.75, 3.05) is 5.73 Å². The van der Waals surface area contributed by atoms with Crippen molar-refractivity contribution in [3.8, 4) is 0 Å². The van der Waals surface area contributed by atoms with Crippen LogP contribution in [0.3, 0.4) is 0 Å². The van der Waals surface area contributed by atoms with Crippen LogP contribution in [-0.2, 0) is 0 Å². The van der Waals surface area contributed by atoms with Gasteiger partial charge in [-0.1, -0.05) is 12.8 Å². The maximum atomic E-state index is 12.9. The summed E-state index contributed by atoms with van der Waals surface area (Å²) in [5.74, 6) is -0.833. The van der Waals surface area contributed by atoms with Crippen molar-refractivity contribution >= 4 is 11.6 Å². The molecule has 0 saturated heterocycles. The molecule has 1 fully saturated rings. The van der Waals surface area contributed by atoms with E-state index in [2.05, 4.69) is 5.32 Å². The van der Waals surface area contributed by atoms with E-state index in [-0.39, 0.29) is 23.2 Å². The quantitative estimate of drug-likeness (QED) is 0.697. The maximum Gasteiger partial charge on any atom is 0.253 e. The maximum absolute atomic E-state index is 12.9. The molecule has 1 saturated carbocycles. The van der Waals surface area contributed by atoms with Gasteiger partial charge in [0.2, 0.25) is 0 Å². The van der Waals surface area contributed by atoms with Crippen LogP contribution >= 0.6 is 0 Å². The SMILES string of the molecule is Nc1cc(F)ccc1C(=O)NC1CCCCC1O. The predicted octanol–water partition coefficient (Wildman–Crippen LogP) is 1.44. The summed E-state index contributed by atoms with van der Waals surface area (Å²) in [5, 5.41) is 12.5. The Hall–Kier alpha value is -1.62. The lowest BCUT2D eigenvalue weighted by atomic mass is 9.92. The van der Waals surface area contributed by atoms with Crippen LogP contribution in [0, 0.1) is 5.82 Å². The molecule has 1 aliphatic carbocycles. The Morgan fingerprint density at radius 3 is 2.78 bits per heavy atom. The summed E-state index contributed by atoms with van der Waals surface area (Å²) in [6, 6.07) is 3.43. The van der Waals surface area contributed by atoms with Crippen LogP contribution in [0.2, 0.25) is 0 Å². The number of nitrogens with one attached hydrogen (secondary N) is 1. The number of aliphatic hydroxyl groups excluding tert-OH is 1. The van der Waals surface area contributed by atoms with Crippen LogP contribution in [0.15, 0.2) is 18.2 Å². The lowest BCUT2D eigenvalue weighted by molar-refractivity contribution is 0.0718. The van der Waals surface area contributed by atoms with Gasteiger partial charge < -0.3 is 16.2 Å². The third kappa shape index (κ3) is 2.79. The van der Waals surface area contributed by atoms with Crippen molar-refractivity contribution in [3.63, 3.8) is 0 Å². The fourth-order valence-electron chi connectivity index (χ4n) is 2.27. The summed E-state index contributed by atoms with van der Waals surface area (Å²) in [7, 11) is 0. The van der Waals surface area contributed by atoms with E-state index < -0.39 is 11.9 Å². The van der Waals surface area contributed by atoms with Crippen molar-refractivity contribution in [2.24, 2.45) is 0 Å². The minimum Gasteiger partial charge on any atom is -0.398 e. The Bertz CT molecular complexity index is 451. The molecule has 0 heterocycles. The van der Waals surface area contributed by atoms with Gasteiger partial charge >= 0.3 is 0 Å². The third-order valence-electron chi connectivity index (χ3n) is 3.30. The molecular weight excluding hydrogens is 235 g/mol. The Labute approximate surface area is 105 Å². The number of anilines is 1. The molecule has 1 aliphatic rings. The zero-order chi connectivity index (χ0) is 13.1. The summed E-state index contributed by atoms with van der Waals surface area (Å²) in [5.41, 5.74) is 5.95. The number of halogens is 1. The number of amides is 1. The normalized spacial score (nSPS) is 23.7. The molecule has 0 radical (unpaired) electrons. The second-order valence-corrected chi connectivity index (χ2v) is 4.66. The highest BCUT2D eigenvalue weighted by atomic mass is 19.1. The molecule has 2 rings (SSSR count). The largest absolute Gasteiger partial charge is 0.398 e. The molecule has 0 spiro atoms. The highest BCUT2D eigenvalue weighted by Gasteiger charge is 2.25. The average molecular weight is 252 g/mol. The van der Waals surface area contributed by atoms with Gasteiger partial charge in [0.1, 0.15) is 5.82 Å². The van der Waals surface area contributed by atoms with Crippen molar-refractivity contribution in [2.45, 2.75) is 37.8 Å². The second-order valence-electron chi connectivity index (χ2n) is 4.66. The molecular formula is C13H17FN2O2. The van der Waals surface area contributed by atoms with Gasteiger partial charge in [-0.25, -0.2) is 4.39 Å². The fourth-order valence-corrected chi connectivity index (χ4v) is 2.27. The van der Waals surface area contributed by atoms with Gasteiger partial charge in [-0.15, -0.1) is 0 Å². The van der Waals surface area contributed by atoms with Gasteiger partial charge in [-0.3, -0.25) is 4.79 Å². The number of nitrogen functional groups attached to an aromatic ring is 1. The lowest BCUT2D eigenvalue weighted by Gasteiger charge is -2.28. The van der Waals surface area contributed by atoms with E-state index in [1.807, 2.05) is 0 Å². The zero-order valence-corrected chi connectivity index (χ0v) is 10.0. The molecule has 18 heavy (non-hydrogen) atoms. The topological polar surface area (TPSA) is 75.4 Å². The number of hydrogen-bond donors (Lipinski definition) is 3. The lowest BCUT2D eigenvalue weighted by Crippen LogP contribution is -2.45. The van der Waals surface area contributed by atoms with E-state index >= 15 is 0 Å². The Balaban J connectivity index is 2.07. The first kappa shape index (κ1) is 12.8. The van der Waals surface area contributed by atoms with Crippen LogP contribution in [-0.4, -0.2) is 23.2 Å². The second kappa shape index (κ2) is 5.35. The van der Waals surface area contributed by atoms with E-state index in [1.165, 1.54) is 12.1 Å². The van der Waals surface area contributed by atoms with Gasteiger partial charge in [0.25, 0.3) is 5.91 Å². The summed E-state index contributed by atoms with van der Waals surface area (Å²) in [6.07, 6.45) is 2.91. The van der Waals surface area contributed by atoms with Crippen LogP contribution < -0.4 is 11.1 Å². The summed E-state index contributed by atoms with van der Waals surface area (Å²) in [4.78, 5) is 12.0. The number of aliphatic hydroxyl groups is 1. The molecule has 98 valence electrons. The number of carbonyl (C=O) groups is 1. The van der Waals surface area contributed by atoms with Gasteiger partial charge in [-0.2, -0.15) is 0 Å². The highest BCUT2D eigenvalue weighted by molar-refractivity contribution is 5.99. The smallest absolute Gasteiger partial charge is 0.253 e. The van der Waals surface area contributed by atoms with E-state index in [0.29, 0.717) is 6.42 Å². The molecule has 2 unspecified atom stereocenters. The van der Waals surface area contributed by atoms with Crippen LogP contribution in [0.25, 0.3) is 0 Å². The summed E-state index contributed by atoms with van der Waals surface area (Å²) < 4.78 is 12.9. The van der Waals surface area contributed by atoms with Crippen LogP contribution in [0.5, 0.6) is 0 Å². The number of hydrogen-bond acceptors (Lipinski definition) is 3. The monoisotopic (exact) mass is 252 g/mol. The van der Waals surface area contributed by atoms with Crippen molar-refractivity contribution in [1.82, 2.24) is 5.32 Å². The summed E-state index contributed by atoms with van der Waals surface area (Å²) in [6.45, 7) is 0. The van der Waals surface area contributed by atoms with Crippen LogP contribution in [0.4, 0.5) is 10.1 Å². The van der Waals surface area contributed by atoms with E-state index in [4.69, 9.17) is 5.73 Å². The molecule has 0 aromatic heterocycles. The van der Waals surface area contributed by atoms with Gasteiger partial charge in [0.05, 0.1) is 17.7 Å². The Morgan fingerprint density at radius 1 is 1.39 bits per heavy atom. The molecule has 1 amide bonds. The standard InChI is InChI=1S/C13H17FN2O2/c14-8-5-6-9(10(15)7-8)13(18)16-11-3-1-2-4-12(11)17/h5-7,11-12,17H,1-4,15H2,(H,16,18). The highest BCUT2D eigenvalue weighted by Crippen LogP contribution is 2.20. The van der Waals surface area contributed by atoms with Crippen molar-refractivity contribution in [3.05, 3.63) is 29.6 Å². The van der Waals surface area contributed by atoms with Crippen molar-refractivity contribution < 1.29 is 14.3 Å². The number of rotatable bonds is 2. The zero-order valence-electron chi connectivity index (χ0n) is 10.0. The molecule has 1 aromatic carbocycles. The molecule has 2 atom stereocenters.